The SMILES string of the molecule is CCN(CC(C)C(=O)O)C(=O)Nc1ccc(N(C)C)cc1. The van der Waals surface area contributed by atoms with Crippen molar-refractivity contribution >= 4 is 23.4 Å². The Morgan fingerprint density at radius 1 is 1.24 bits per heavy atom. The molecule has 0 spiro atoms. The van der Waals surface area contributed by atoms with E-state index in [1.807, 2.05) is 50.2 Å². The Kier molecular flexibility index (Phi) is 6.02. The molecule has 1 unspecified atom stereocenters. The summed E-state index contributed by atoms with van der Waals surface area (Å²) < 4.78 is 0. The van der Waals surface area contributed by atoms with Crippen molar-refractivity contribution < 1.29 is 14.7 Å². The summed E-state index contributed by atoms with van der Waals surface area (Å²) in [5.41, 5.74) is 1.73. The number of rotatable bonds is 6. The number of nitrogens with one attached hydrogen (secondary N) is 1. The van der Waals surface area contributed by atoms with E-state index < -0.39 is 11.9 Å². The van der Waals surface area contributed by atoms with Crippen molar-refractivity contribution in [2.75, 3.05) is 37.4 Å². The molecule has 0 saturated carbocycles. The van der Waals surface area contributed by atoms with Gasteiger partial charge in [-0.1, -0.05) is 6.92 Å². The Morgan fingerprint density at radius 3 is 2.24 bits per heavy atom. The molecule has 0 aliphatic heterocycles. The summed E-state index contributed by atoms with van der Waals surface area (Å²) in [4.78, 5) is 26.5. The first kappa shape index (κ1) is 16.8. The van der Waals surface area contributed by atoms with Gasteiger partial charge in [-0.05, 0) is 31.2 Å². The highest BCUT2D eigenvalue weighted by atomic mass is 16.4. The monoisotopic (exact) mass is 293 g/mol. The third-order valence-corrected chi connectivity index (χ3v) is 3.22. The molecule has 1 rings (SSSR count). The van der Waals surface area contributed by atoms with Gasteiger partial charge in [0.1, 0.15) is 0 Å². The number of benzene rings is 1. The lowest BCUT2D eigenvalue weighted by atomic mass is 10.2. The molecule has 6 heteroatoms. The van der Waals surface area contributed by atoms with Gasteiger partial charge < -0.3 is 20.2 Å². The number of carbonyl (C=O) groups excluding carboxylic acids is 1. The van der Waals surface area contributed by atoms with Crippen LogP contribution in [0.5, 0.6) is 0 Å². The normalized spacial score (nSPS) is 11.6. The van der Waals surface area contributed by atoms with Gasteiger partial charge >= 0.3 is 12.0 Å². The molecule has 21 heavy (non-hydrogen) atoms. The van der Waals surface area contributed by atoms with Gasteiger partial charge in [-0.15, -0.1) is 0 Å². The topological polar surface area (TPSA) is 72.9 Å². The quantitative estimate of drug-likeness (QED) is 0.844. The molecule has 0 bridgehead atoms. The molecule has 2 N–H and O–H groups in total. The number of carboxylic acids is 1. The molecule has 1 atom stereocenters. The lowest BCUT2D eigenvalue weighted by Crippen LogP contribution is -2.39. The molecule has 1 aromatic carbocycles. The van der Waals surface area contributed by atoms with Gasteiger partial charge in [-0.2, -0.15) is 0 Å². The molecule has 0 heterocycles. The van der Waals surface area contributed by atoms with Gasteiger partial charge in [0.25, 0.3) is 0 Å². The summed E-state index contributed by atoms with van der Waals surface area (Å²) >= 11 is 0. The standard InChI is InChI=1S/C15H23N3O3/c1-5-18(10-11(2)14(19)20)15(21)16-12-6-8-13(9-7-12)17(3)4/h6-9,11H,5,10H2,1-4H3,(H,16,21)(H,19,20). The van der Waals surface area contributed by atoms with Crippen LogP contribution in [0, 0.1) is 5.92 Å². The van der Waals surface area contributed by atoms with Crippen LogP contribution in [0.15, 0.2) is 24.3 Å². The predicted molar refractivity (Wildman–Crippen MR) is 83.8 cm³/mol. The van der Waals surface area contributed by atoms with Gasteiger partial charge in [0.2, 0.25) is 0 Å². The predicted octanol–water partition coefficient (Wildman–Crippen LogP) is 2.33. The number of nitrogens with zero attached hydrogens (tertiary/aromatic N) is 2. The van der Waals surface area contributed by atoms with Crippen LogP contribution in [-0.2, 0) is 4.79 Å². The number of amides is 2. The highest BCUT2D eigenvalue weighted by molar-refractivity contribution is 5.89. The van der Waals surface area contributed by atoms with Crippen molar-refractivity contribution in [2.45, 2.75) is 13.8 Å². The van der Waals surface area contributed by atoms with E-state index in [9.17, 15) is 9.59 Å². The Hall–Kier alpha value is -2.24. The van der Waals surface area contributed by atoms with E-state index in [1.165, 1.54) is 4.90 Å². The number of hydrogen-bond acceptors (Lipinski definition) is 3. The number of hydrogen-bond donors (Lipinski definition) is 2. The molecule has 0 radical (unpaired) electrons. The Morgan fingerprint density at radius 2 is 1.81 bits per heavy atom. The van der Waals surface area contributed by atoms with Crippen molar-refractivity contribution in [1.82, 2.24) is 4.90 Å². The number of carbonyl (C=O) groups is 2. The maximum absolute atomic E-state index is 12.1. The first-order chi connectivity index (χ1) is 9.85. The zero-order chi connectivity index (χ0) is 16.0. The molecule has 0 saturated heterocycles. The highest BCUT2D eigenvalue weighted by Crippen LogP contribution is 2.16. The van der Waals surface area contributed by atoms with Crippen LogP contribution in [0.1, 0.15) is 13.8 Å². The lowest BCUT2D eigenvalue weighted by Gasteiger charge is -2.23. The second kappa shape index (κ2) is 7.52. The molecule has 116 valence electrons. The highest BCUT2D eigenvalue weighted by Gasteiger charge is 2.19. The minimum atomic E-state index is -0.906. The van der Waals surface area contributed by atoms with Crippen LogP contribution in [0.3, 0.4) is 0 Å². The summed E-state index contributed by atoms with van der Waals surface area (Å²) in [6.07, 6.45) is 0. The summed E-state index contributed by atoms with van der Waals surface area (Å²) in [6.45, 7) is 4.06. The molecular weight excluding hydrogens is 270 g/mol. The Balaban J connectivity index is 2.67. The van der Waals surface area contributed by atoms with Crippen molar-refractivity contribution in [1.29, 1.82) is 0 Å². The summed E-state index contributed by atoms with van der Waals surface area (Å²) in [5.74, 6) is -1.50. The number of anilines is 2. The van der Waals surface area contributed by atoms with E-state index in [0.717, 1.165) is 5.69 Å². The summed E-state index contributed by atoms with van der Waals surface area (Å²) in [6, 6.07) is 7.17. The smallest absolute Gasteiger partial charge is 0.321 e. The minimum absolute atomic E-state index is 0.188. The number of carboxylic acid groups (broad SMARTS) is 1. The van der Waals surface area contributed by atoms with Crippen LogP contribution in [0.25, 0.3) is 0 Å². The van der Waals surface area contributed by atoms with Gasteiger partial charge in [-0.25, -0.2) is 4.79 Å². The van der Waals surface area contributed by atoms with Crippen LogP contribution >= 0.6 is 0 Å². The second-order valence-electron chi connectivity index (χ2n) is 5.15. The van der Waals surface area contributed by atoms with Gasteiger partial charge in [0, 0.05) is 38.6 Å². The largest absolute Gasteiger partial charge is 0.481 e. The van der Waals surface area contributed by atoms with Crippen molar-refractivity contribution in [2.24, 2.45) is 5.92 Å². The summed E-state index contributed by atoms with van der Waals surface area (Å²) in [5, 5.41) is 11.7. The second-order valence-corrected chi connectivity index (χ2v) is 5.15. The minimum Gasteiger partial charge on any atom is -0.481 e. The average molecular weight is 293 g/mol. The third kappa shape index (κ3) is 4.98. The average Bonchev–Trinajstić information content (AvgIpc) is 2.44. The summed E-state index contributed by atoms with van der Waals surface area (Å²) in [7, 11) is 3.89. The van der Waals surface area contributed by atoms with Crippen LogP contribution in [-0.4, -0.2) is 49.2 Å². The number of urea groups is 1. The number of aliphatic carboxylic acids is 1. The van der Waals surface area contributed by atoms with E-state index in [2.05, 4.69) is 5.32 Å². The first-order valence-electron chi connectivity index (χ1n) is 6.91. The van der Waals surface area contributed by atoms with Crippen molar-refractivity contribution in [3.8, 4) is 0 Å². The zero-order valence-electron chi connectivity index (χ0n) is 13.0. The lowest BCUT2D eigenvalue weighted by molar-refractivity contribution is -0.141. The molecule has 0 fully saturated rings. The van der Waals surface area contributed by atoms with E-state index in [0.29, 0.717) is 12.2 Å². The zero-order valence-corrected chi connectivity index (χ0v) is 13.0. The fraction of sp³-hybridized carbons (Fsp3) is 0.467. The molecule has 1 aromatic rings. The van der Waals surface area contributed by atoms with Crippen LogP contribution in [0.4, 0.5) is 16.2 Å². The van der Waals surface area contributed by atoms with E-state index in [-0.39, 0.29) is 12.6 Å². The fourth-order valence-corrected chi connectivity index (χ4v) is 1.81. The van der Waals surface area contributed by atoms with Gasteiger partial charge in [0.15, 0.2) is 0 Å². The maximum atomic E-state index is 12.1. The molecule has 6 nitrogen and oxygen atoms in total. The Bertz CT molecular complexity index is 485. The van der Waals surface area contributed by atoms with E-state index in [1.54, 1.807) is 6.92 Å². The molecule has 2 amide bonds. The molecule has 0 aliphatic rings. The van der Waals surface area contributed by atoms with Gasteiger partial charge in [0.05, 0.1) is 5.92 Å². The third-order valence-electron chi connectivity index (χ3n) is 3.22. The Labute approximate surface area is 125 Å². The van der Waals surface area contributed by atoms with E-state index in [4.69, 9.17) is 5.11 Å². The van der Waals surface area contributed by atoms with E-state index >= 15 is 0 Å². The molecule has 0 aromatic heterocycles. The van der Waals surface area contributed by atoms with Crippen LogP contribution < -0.4 is 10.2 Å². The maximum Gasteiger partial charge on any atom is 0.321 e. The van der Waals surface area contributed by atoms with Crippen molar-refractivity contribution in [3.63, 3.8) is 0 Å². The van der Waals surface area contributed by atoms with Crippen molar-refractivity contribution in [3.05, 3.63) is 24.3 Å². The van der Waals surface area contributed by atoms with Gasteiger partial charge in [-0.3, -0.25) is 4.79 Å². The molecular formula is C15H23N3O3. The first-order valence-corrected chi connectivity index (χ1v) is 6.91. The van der Waals surface area contributed by atoms with Crippen LogP contribution in [0.2, 0.25) is 0 Å². The fourth-order valence-electron chi connectivity index (χ4n) is 1.81. The molecule has 0 aliphatic carbocycles.